The zero-order valence-corrected chi connectivity index (χ0v) is 11.5. The lowest BCUT2D eigenvalue weighted by Gasteiger charge is -2.12. The number of nitrogens with one attached hydrogen (secondary N) is 1. The molecule has 0 heterocycles. The van der Waals surface area contributed by atoms with Crippen molar-refractivity contribution in [3.8, 4) is 11.1 Å². The van der Waals surface area contributed by atoms with Crippen molar-refractivity contribution in [2.24, 2.45) is 5.92 Å². The normalized spacial score (nSPS) is 11.8. The number of hydrogen-bond acceptors (Lipinski definition) is 2. The molecule has 0 aliphatic carbocycles. The van der Waals surface area contributed by atoms with Crippen LogP contribution in [0, 0.1) is 5.92 Å². The Morgan fingerprint density at radius 2 is 1.65 bits per heavy atom. The molecule has 2 N–H and O–H groups in total. The fraction of sp³-hybridized carbons (Fsp3) is 0.235. The Morgan fingerprint density at radius 3 is 2.20 bits per heavy atom. The fourth-order valence-electron chi connectivity index (χ4n) is 2.06. The van der Waals surface area contributed by atoms with Crippen molar-refractivity contribution in [1.82, 2.24) is 0 Å². The van der Waals surface area contributed by atoms with Crippen LogP contribution in [0.25, 0.3) is 11.1 Å². The zero-order chi connectivity index (χ0) is 14.4. The summed E-state index contributed by atoms with van der Waals surface area (Å²) in [5, 5.41) is 12.2. The van der Waals surface area contributed by atoms with Gasteiger partial charge in [0.05, 0.1) is 5.92 Å². The second-order valence-electron chi connectivity index (χ2n) is 4.77. The zero-order valence-electron chi connectivity index (χ0n) is 11.5. The topological polar surface area (TPSA) is 49.3 Å². The molecule has 0 aliphatic rings. The molecule has 2 rings (SSSR count). The molecule has 1 unspecified atom stereocenters. The van der Waals surface area contributed by atoms with Crippen LogP contribution in [0.2, 0.25) is 0 Å². The standard InChI is InChI=1S/C17H19NO2/c1-2-13(17(19)20)12-18-16-10-8-15(9-11-16)14-6-4-3-5-7-14/h3-11,13,18H,2,12H2,1H3,(H,19,20). The highest BCUT2D eigenvalue weighted by Crippen LogP contribution is 2.21. The van der Waals surface area contributed by atoms with Crippen LogP contribution in [0.4, 0.5) is 5.69 Å². The maximum atomic E-state index is 11.0. The number of rotatable bonds is 6. The molecule has 0 saturated carbocycles. The van der Waals surface area contributed by atoms with Crippen molar-refractivity contribution in [2.45, 2.75) is 13.3 Å². The molecule has 0 saturated heterocycles. The SMILES string of the molecule is CCC(CNc1ccc(-c2ccccc2)cc1)C(=O)O. The van der Waals surface area contributed by atoms with Gasteiger partial charge in [0.1, 0.15) is 0 Å². The van der Waals surface area contributed by atoms with Crippen LogP contribution in [0.1, 0.15) is 13.3 Å². The summed E-state index contributed by atoms with van der Waals surface area (Å²) in [6.07, 6.45) is 0.629. The number of carboxylic acid groups (broad SMARTS) is 1. The Balaban J connectivity index is 2.00. The van der Waals surface area contributed by atoms with Crippen LogP contribution in [-0.4, -0.2) is 17.6 Å². The molecular weight excluding hydrogens is 250 g/mol. The molecular formula is C17H19NO2. The summed E-state index contributed by atoms with van der Waals surface area (Å²) in [4.78, 5) is 11.0. The molecule has 0 spiro atoms. The maximum Gasteiger partial charge on any atom is 0.308 e. The minimum Gasteiger partial charge on any atom is -0.481 e. The van der Waals surface area contributed by atoms with Crippen LogP contribution in [0.3, 0.4) is 0 Å². The molecule has 0 fully saturated rings. The fourth-order valence-corrected chi connectivity index (χ4v) is 2.06. The molecule has 0 bridgehead atoms. The highest BCUT2D eigenvalue weighted by Gasteiger charge is 2.14. The predicted octanol–water partition coefficient (Wildman–Crippen LogP) is 3.88. The molecule has 3 heteroatoms. The molecule has 0 aromatic heterocycles. The van der Waals surface area contributed by atoms with Crippen LogP contribution in [0.5, 0.6) is 0 Å². The van der Waals surface area contributed by atoms with Gasteiger partial charge < -0.3 is 10.4 Å². The van der Waals surface area contributed by atoms with Crippen molar-refractivity contribution in [1.29, 1.82) is 0 Å². The second-order valence-corrected chi connectivity index (χ2v) is 4.77. The number of carbonyl (C=O) groups is 1. The third-order valence-corrected chi connectivity index (χ3v) is 3.39. The quantitative estimate of drug-likeness (QED) is 0.836. The summed E-state index contributed by atoms with van der Waals surface area (Å²) in [6, 6.07) is 18.2. The van der Waals surface area contributed by atoms with Gasteiger partial charge in [-0.2, -0.15) is 0 Å². The predicted molar refractivity (Wildman–Crippen MR) is 81.8 cm³/mol. The molecule has 0 radical (unpaired) electrons. The summed E-state index contributed by atoms with van der Waals surface area (Å²) >= 11 is 0. The Hall–Kier alpha value is -2.29. The summed E-state index contributed by atoms with van der Waals surface area (Å²) in [5.74, 6) is -1.09. The molecule has 2 aromatic carbocycles. The largest absolute Gasteiger partial charge is 0.481 e. The maximum absolute atomic E-state index is 11.0. The minimum absolute atomic E-state index is 0.344. The molecule has 1 atom stereocenters. The number of aliphatic carboxylic acids is 1. The van der Waals surface area contributed by atoms with Gasteiger partial charge >= 0.3 is 5.97 Å². The first-order valence-corrected chi connectivity index (χ1v) is 6.83. The first-order valence-electron chi connectivity index (χ1n) is 6.83. The monoisotopic (exact) mass is 269 g/mol. The summed E-state index contributed by atoms with van der Waals surface area (Å²) < 4.78 is 0. The van der Waals surface area contributed by atoms with Gasteiger partial charge in [-0.25, -0.2) is 0 Å². The minimum atomic E-state index is -0.749. The van der Waals surface area contributed by atoms with Crippen LogP contribution >= 0.6 is 0 Å². The average Bonchev–Trinajstić information content (AvgIpc) is 2.49. The summed E-state index contributed by atoms with van der Waals surface area (Å²) in [7, 11) is 0. The molecule has 20 heavy (non-hydrogen) atoms. The Morgan fingerprint density at radius 1 is 1.05 bits per heavy atom. The van der Waals surface area contributed by atoms with Gasteiger partial charge in [0.2, 0.25) is 0 Å². The average molecular weight is 269 g/mol. The molecule has 3 nitrogen and oxygen atoms in total. The van der Waals surface area contributed by atoms with Crippen LogP contribution < -0.4 is 5.32 Å². The Kier molecular flexibility index (Phi) is 4.77. The first kappa shape index (κ1) is 14.1. The molecule has 104 valence electrons. The number of carboxylic acids is 1. The van der Waals surface area contributed by atoms with Gasteiger partial charge in [0.25, 0.3) is 0 Å². The third-order valence-electron chi connectivity index (χ3n) is 3.39. The lowest BCUT2D eigenvalue weighted by atomic mass is 10.0. The van der Waals surface area contributed by atoms with Crippen molar-refractivity contribution >= 4 is 11.7 Å². The number of anilines is 1. The number of hydrogen-bond donors (Lipinski definition) is 2. The van der Waals surface area contributed by atoms with Crippen molar-refractivity contribution in [3.63, 3.8) is 0 Å². The summed E-state index contributed by atoms with van der Waals surface area (Å²) in [6.45, 7) is 2.34. The van der Waals surface area contributed by atoms with E-state index in [1.807, 2.05) is 49.4 Å². The first-order chi connectivity index (χ1) is 9.70. The van der Waals surface area contributed by atoms with Gasteiger partial charge in [0, 0.05) is 12.2 Å². The van der Waals surface area contributed by atoms with Crippen molar-refractivity contribution in [2.75, 3.05) is 11.9 Å². The van der Waals surface area contributed by atoms with E-state index < -0.39 is 5.97 Å². The van der Waals surface area contributed by atoms with E-state index in [9.17, 15) is 4.79 Å². The van der Waals surface area contributed by atoms with Crippen molar-refractivity contribution < 1.29 is 9.90 Å². The van der Waals surface area contributed by atoms with E-state index in [4.69, 9.17) is 5.11 Å². The van der Waals surface area contributed by atoms with E-state index in [-0.39, 0.29) is 5.92 Å². The smallest absolute Gasteiger partial charge is 0.308 e. The second kappa shape index (κ2) is 6.75. The van der Waals surface area contributed by atoms with Gasteiger partial charge in [-0.3, -0.25) is 4.79 Å². The van der Waals surface area contributed by atoms with Crippen molar-refractivity contribution in [3.05, 3.63) is 54.6 Å². The third kappa shape index (κ3) is 3.60. The highest BCUT2D eigenvalue weighted by atomic mass is 16.4. The summed E-state index contributed by atoms with van der Waals surface area (Å²) in [5.41, 5.74) is 3.28. The Labute approximate surface area is 119 Å². The highest BCUT2D eigenvalue weighted by molar-refractivity contribution is 5.71. The van der Waals surface area contributed by atoms with Gasteiger partial charge in [-0.15, -0.1) is 0 Å². The van der Waals surface area contributed by atoms with Gasteiger partial charge in [-0.1, -0.05) is 49.4 Å². The molecule has 0 amide bonds. The number of benzene rings is 2. The lowest BCUT2D eigenvalue weighted by Crippen LogP contribution is -2.21. The van der Waals surface area contributed by atoms with Crippen LogP contribution in [-0.2, 0) is 4.79 Å². The van der Waals surface area contributed by atoms with Crippen LogP contribution in [0.15, 0.2) is 54.6 Å². The Bertz CT molecular complexity index is 549. The van der Waals surface area contributed by atoms with Gasteiger partial charge in [-0.05, 0) is 29.7 Å². The van der Waals surface area contributed by atoms with Gasteiger partial charge in [0.15, 0.2) is 0 Å². The molecule has 2 aromatic rings. The van der Waals surface area contributed by atoms with E-state index >= 15 is 0 Å². The van der Waals surface area contributed by atoms with E-state index in [2.05, 4.69) is 17.4 Å². The van der Waals surface area contributed by atoms with E-state index in [0.717, 1.165) is 11.3 Å². The van der Waals surface area contributed by atoms with E-state index in [0.29, 0.717) is 13.0 Å². The molecule has 0 aliphatic heterocycles. The lowest BCUT2D eigenvalue weighted by molar-refractivity contribution is -0.141. The van der Waals surface area contributed by atoms with E-state index in [1.54, 1.807) is 0 Å². The van der Waals surface area contributed by atoms with E-state index in [1.165, 1.54) is 5.56 Å².